The van der Waals surface area contributed by atoms with Gasteiger partial charge in [-0.25, -0.2) is 0 Å². The van der Waals surface area contributed by atoms with Crippen molar-refractivity contribution in [3.63, 3.8) is 0 Å². The van der Waals surface area contributed by atoms with Crippen molar-refractivity contribution in [2.75, 3.05) is 18.0 Å². The molecule has 0 amide bonds. The van der Waals surface area contributed by atoms with Crippen molar-refractivity contribution in [2.24, 2.45) is 11.7 Å². The van der Waals surface area contributed by atoms with Gasteiger partial charge in [0.15, 0.2) is 0 Å². The summed E-state index contributed by atoms with van der Waals surface area (Å²) in [6, 6.07) is 0. The fourth-order valence-corrected chi connectivity index (χ4v) is 1.93. The van der Waals surface area contributed by atoms with E-state index in [1.807, 2.05) is 4.93 Å². The summed E-state index contributed by atoms with van der Waals surface area (Å²) in [7, 11) is 0. The minimum atomic E-state index is -1.67. The van der Waals surface area contributed by atoms with Gasteiger partial charge < -0.3 is 0 Å². The third kappa shape index (κ3) is 8.52. The zero-order valence-corrected chi connectivity index (χ0v) is 9.47. The summed E-state index contributed by atoms with van der Waals surface area (Å²) >= 11 is -1.67. The average Bonchev–Trinajstić information content (AvgIpc) is 1.97. The number of alkyl halides is 1. The number of hydrogen-bond acceptors (Lipinski definition) is 3. The van der Waals surface area contributed by atoms with Crippen molar-refractivity contribution < 1.29 is 3.44 Å². The van der Waals surface area contributed by atoms with Gasteiger partial charge in [-0.15, -0.1) is 0 Å². The topological polar surface area (TPSA) is 58.3 Å². The summed E-state index contributed by atoms with van der Waals surface area (Å²) in [6.45, 7) is 3.87. The van der Waals surface area contributed by atoms with Crippen molar-refractivity contribution >= 4 is 20.5 Å². The van der Waals surface area contributed by atoms with Crippen LogP contribution in [0.2, 0.25) is 0 Å². The molecule has 70 valence electrons. The molecule has 0 aliphatic rings. The van der Waals surface area contributed by atoms with Crippen molar-refractivity contribution in [1.82, 2.24) is 3.53 Å². The van der Waals surface area contributed by atoms with Crippen LogP contribution in [0.3, 0.4) is 0 Å². The van der Waals surface area contributed by atoms with E-state index in [1.54, 1.807) is 0 Å². The van der Waals surface area contributed by atoms with E-state index in [0.717, 1.165) is 25.9 Å². The summed E-state index contributed by atoms with van der Waals surface area (Å²) < 4.78 is 12.1. The third-order valence-corrected chi connectivity index (χ3v) is 3.21. The fourth-order valence-electron chi connectivity index (χ4n) is 0.772. The Morgan fingerprint density at radius 2 is 2.27 bits per heavy atom. The van der Waals surface area contributed by atoms with E-state index in [-0.39, 0.29) is 0 Å². The summed E-state index contributed by atoms with van der Waals surface area (Å²) in [5.41, 5.74) is 5.45. The predicted octanol–water partition coefficient (Wildman–Crippen LogP) is 0.910. The van der Waals surface area contributed by atoms with E-state index in [4.69, 9.17) is 9.17 Å². The molecule has 0 bridgehead atoms. The number of halogens is 1. The molecule has 0 saturated carbocycles. The first kappa shape index (κ1) is 11.6. The van der Waals surface area contributed by atoms with Gasteiger partial charge in [0.1, 0.15) is 0 Å². The van der Waals surface area contributed by atoms with Gasteiger partial charge in [0, 0.05) is 0 Å². The van der Waals surface area contributed by atoms with Gasteiger partial charge in [-0.05, 0) is 0 Å². The second-order valence-electron chi connectivity index (χ2n) is 2.81. The zero-order valence-electron chi connectivity index (χ0n) is 7.31. The molecule has 0 fully saturated rings. The van der Waals surface area contributed by atoms with Gasteiger partial charge in [-0.1, -0.05) is 0 Å². The molecule has 0 aliphatic heterocycles. The Labute approximate surface area is 77.0 Å². The summed E-state index contributed by atoms with van der Waals surface area (Å²) in [5.74, 6) is 0.620. The van der Waals surface area contributed by atoms with E-state index in [2.05, 4.69) is 10.5 Å². The van der Waals surface area contributed by atoms with E-state index in [0.29, 0.717) is 5.92 Å². The Morgan fingerprint density at radius 1 is 1.64 bits per heavy atom. The maximum atomic E-state index is 9.00. The first-order valence-electron chi connectivity index (χ1n) is 3.89. The van der Waals surface area contributed by atoms with Gasteiger partial charge in [0.25, 0.3) is 0 Å². The molecule has 1 atom stereocenters. The zero-order chi connectivity index (χ0) is 8.69. The Morgan fingerprint density at radius 3 is 2.73 bits per heavy atom. The van der Waals surface area contributed by atoms with Gasteiger partial charge in [-0.3, -0.25) is 0 Å². The molecule has 0 aliphatic carbocycles. The monoisotopic (exact) mass is 274 g/mol. The second kappa shape index (κ2) is 7.27. The summed E-state index contributed by atoms with van der Waals surface area (Å²) in [4.78, 5) is 1.89. The maximum absolute atomic E-state index is 9.00. The molecule has 0 aromatic rings. The van der Waals surface area contributed by atoms with Crippen LogP contribution in [0.25, 0.3) is 0 Å². The van der Waals surface area contributed by atoms with Gasteiger partial charge >= 0.3 is 76.9 Å². The van der Waals surface area contributed by atoms with Gasteiger partial charge in [0.2, 0.25) is 0 Å². The van der Waals surface area contributed by atoms with Crippen LogP contribution in [0.15, 0.2) is 0 Å². The standard InChI is InChI=1S/C7H19IN2O/c1-7(6-9)4-3-5-10-8(2)11/h7,10-11H,3-6,9H2,1-2H3/t7-/m0/s1. The minimum absolute atomic E-state index is 0.620. The quantitative estimate of drug-likeness (QED) is 0.292. The number of nitrogens with one attached hydrogen (secondary N) is 1. The summed E-state index contributed by atoms with van der Waals surface area (Å²) in [5, 5.41) is 0. The summed E-state index contributed by atoms with van der Waals surface area (Å²) in [6.07, 6.45) is 2.29. The van der Waals surface area contributed by atoms with E-state index >= 15 is 0 Å². The van der Waals surface area contributed by atoms with Crippen LogP contribution in [0.1, 0.15) is 19.8 Å². The SMILES string of the molecule is C[C@H](CN)CCCNI(C)O. The van der Waals surface area contributed by atoms with Gasteiger partial charge in [0.05, 0.1) is 0 Å². The molecule has 0 aromatic heterocycles. The molecule has 0 heterocycles. The first-order chi connectivity index (χ1) is 5.16. The number of hydrogen-bond donors (Lipinski definition) is 3. The van der Waals surface area contributed by atoms with Crippen LogP contribution in [-0.4, -0.2) is 21.5 Å². The molecule has 0 saturated heterocycles. The fraction of sp³-hybridized carbons (Fsp3) is 1.00. The molecule has 0 rings (SSSR count). The van der Waals surface area contributed by atoms with Crippen LogP contribution in [-0.2, 0) is 0 Å². The molecule has 4 heteroatoms. The molecule has 11 heavy (non-hydrogen) atoms. The second-order valence-corrected chi connectivity index (χ2v) is 6.10. The molecular formula is C7H19IN2O. The molecule has 0 unspecified atom stereocenters. The Balaban J connectivity index is 3.01. The molecule has 0 spiro atoms. The predicted molar refractivity (Wildman–Crippen MR) is 57.6 cm³/mol. The van der Waals surface area contributed by atoms with Crippen LogP contribution in [0, 0.1) is 5.92 Å². The number of rotatable bonds is 6. The van der Waals surface area contributed by atoms with E-state index < -0.39 is 20.5 Å². The van der Waals surface area contributed by atoms with Crippen LogP contribution < -0.4 is 9.26 Å². The first-order valence-corrected chi connectivity index (χ1v) is 8.09. The van der Waals surface area contributed by atoms with Crippen molar-refractivity contribution in [3.05, 3.63) is 0 Å². The third-order valence-electron chi connectivity index (χ3n) is 1.56. The van der Waals surface area contributed by atoms with Crippen LogP contribution >= 0.6 is 20.5 Å². The van der Waals surface area contributed by atoms with Crippen LogP contribution in [0.4, 0.5) is 0 Å². The van der Waals surface area contributed by atoms with Crippen molar-refractivity contribution in [2.45, 2.75) is 19.8 Å². The molecular weight excluding hydrogens is 255 g/mol. The van der Waals surface area contributed by atoms with Crippen molar-refractivity contribution in [3.8, 4) is 0 Å². The Kier molecular flexibility index (Phi) is 7.67. The number of nitrogens with two attached hydrogens (primary N) is 1. The molecule has 0 aromatic carbocycles. The Bertz CT molecular complexity index is 90.5. The normalized spacial score (nSPS) is 14.7. The van der Waals surface area contributed by atoms with E-state index in [9.17, 15) is 0 Å². The van der Waals surface area contributed by atoms with Gasteiger partial charge in [-0.2, -0.15) is 0 Å². The molecule has 4 N–H and O–H groups in total. The van der Waals surface area contributed by atoms with Crippen LogP contribution in [0.5, 0.6) is 0 Å². The molecule has 0 radical (unpaired) electrons. The molecule has 3 nitrogen and oxygen atoms in total. The van der Waals surface area contributed by atoms with E-state index in [1.165, 1.54) is 0 Å². The Hall–Kier alpha value is 0.610. The van der Waals surface area contributed by atoms with Crippen molar-refractivity contribution in [1.29, 1.82) is 0 Å². The average molecular weight is 274 g/mol.